The zero-order valence-electron chi connectivity index (χ0n) is 13.2. The lowest BCUT2D eigenvalue weighted by molar-refractivity contribution is -0.145. The van der Waals surface area contributed by atoms with Crippen molar-refractivity contribution >= 4 is 11.9 Å². The lowest BCUT2D eigenvalue weighted by atomic mass is 10.1. The number of benzene rings is 1. The third kappa shape index (κ3) is 6.32. The summed E-state index contributed by atoms with van der Waals surface area (Å²) in [6.45, 7) is 0. The second-order valence-electron chi connectivity index (χ2n) is 5.11. The van der Waals surface area contributed by atoms with Gasteiger partial charge in [0.05, 0.1) is 19.1 Å². The van der Waals surface area contributed by atoms with Crippen molar-refractivity contribution in [3.8, 4) is 12.3 Å². The first-order chi connectivity index (χ1) is 11.3. The van der Waals surface area contributed by atoms with Crippen LogP contribution in [0.4, 0.5) is 13.2 Å². The number of halogens is 3. The smallest absolute Gasteiger partial charge is 0.416 e. The van der Waals surface area contributed by atoms with Crippen molar-refractivity contribution in [2.45, 2.75) is 37.9 Å². The fourth-order valence-corrected chi connectivity index (χ4v) is 2.09. The van der Waals surface area contributed by atoms with Crippen molar-refractivity contribution in [2.75, 3.05) is 7.11 Å². The highest BCUT2D eigenvalue weighted by Gasteiger charge is 2.30. The van der Waals surface area contributed by atoms with Gasteiger partial charge in [-0.3, -0.25) is 4.79 Å². The molecule has 1 amide bonds. The summed E-state index contributed by atoms with van der Waals surface area (Å²) in [6.07, 6.45) is 1.64. The van der Waals surface area contributed by atoms with Crippen LogP contribution in [-0.4, -0.2) is 25.0 Å². The van der Waals surface area contributed by atoms with E-state index in [0.717, 1.165) is 12.1 Å². The number of alkyl halides is 3. The zero-order chi connectivity index (χ0) is 18.2. The van der Waals surface area contributed by atoms with E-state index in [4.69, 9.17) is 6.42 Å². The molecular formula is C17H18F3NO3. The molecule has 0 aliphatic rings. The van der Waals surface area contributed by atoms with E-state index in [1.807, 2.05) is 0 Å². The van der Waals surface area contributed by atoms with E-state index in [-0.39, 0.29) is 12.0 Å². The number of nitrogens with one attached hydrogen (secondary N) is 1. The van der Waals surface area contributed by atoms with Gasteiger partial charge in [-0.15, -0.1) is 12.3 Å². The number of hydrogen-bond acceptors (Lipinski definition) is 3. The van der Waals surface area contributed by atoms with E-state index in [2.05, 4.69) is 16.0 Å². The predicted molar refractivity (Wildman–Crippen MR) is 81.8 cm³/mol. The van der Waals surface area contributed by atoms with Crippen LogP contribution in [0.1, 0.15) is 30.4 Å². The van der Waals surface area contributed by atoms with Crippen LogP contribution in [-0.2, 0) is 26.9 Å². The Kier molecular flexibility index (Phi) is 7.31. The summed E-state index contributed by atoms with van der Waals surface area (Å²) in [7, 11) is 1.19. The van der Waals surface area contributed by atoms with E-state index in [1.165, 1.54) is 19.2 Å². The molecule has 0 bridgehead atoms. The number of ether oxygens (including phenoxy) is 1. The topological polar surface area (TPSA) is 55.4 Å². The number of terminal acetylenes is 1. The highest BCUT2D eigenvalue weighted by atomic mass is 19.4. The Bertz CT molecular complexity index is 620. The van der Waals surface area contributed by atoms with Gasteiger partial charge in [0.25, 0.3) is 0 Å². The number of unbranched alkanes of at least 4 members (excludes halogenated alkanes) is 1. The lowest BCUT2D eigenvalue weighted by Gasteiger charge is -2.16. The van der Waals surface area contributed by atoms with Crippen molar-refractivity contribution in [1.82, 2.24) is 5.32 Å². The van der Waals surface area contributed by atoms with Gasteiger partial charge in [0.15, 0.2) is 0 Å². The molecule has 7 heteroatoms. The number of hydrogen-bond donors (Lipinski definition) is 1. The third-order valence-corrected chi connectivity index (χ3v) is 3.25. The predicted octanol–water partition coefficient (Wildman–Crippen LogP) is 2.71. The molecule has 1 aromatic carbocycles. The Balaban J connectivity index is 2.72. The fraction of sp³-hybridized carbons (Fsp3) is 0.412. The molecule has 0 aliphatic heterocycles. The summed E-state index contributed by atoms with van der Waals surface area (Å²) < 4.78 is 42.6. The van der Waals surface area contributed by atoms with Crippen LogP contribution in [0.25, 0.3) is 0 Å². The molecule has 0 saturated carbocycles. The van der Waals surface area contributed by atoms with Crippen LogP contribution < -0.4 is 5.32 Å². The number of methoxy groups -OCH3 is 1. The van der Waals surface area contributed by atoms with Gasteiger partial charge < -0.3 is 10.1 Å². The molecule has 130 valence electrons. The highest BCUT2D eigenvalue weighted by Crippen LogP contribution is 2.29. The first-order valence-electron chi connectivity index (χ1n) is 7.24. The Labute approximate surface area is 138 Å². The van der Waals surface area contributed by atoms with Crippen molar-refractivity contribution in [3.63, 3.8) is 0 Å². The van der Waals surface area contributed by atoms with Crippen molar-refractivity contribution in [1.29, 1.82) is 0 Å². The van der Waals surface area contributed by atoms with Gasteiger partial charge in [0.2, 0.25) is 5.91 Å². The number of carbonyl (C=O) groups excluding carboxylic acids is 2. The Morgan fingerprint density at radius 2 is 2.08 bits per heavy atom. The minimum Gasteiger partial charge on any atom is -0.467 e. The lowest BCUT2D eigenvalue weighted by Crippen LogP contribution is -2.42. The standard InChI is InChI=1S/C17H18F3NO3/c1-3-4-5-9-14(16(23)24-2)21-15(22)11-12-7-6-8-13(10-12)17(18,19)20/h1,6-8,10,14H,4-5,9,11H2,2H3,(H,21,22)/t14-/m0/s1. The Morgan fingerprint density at radius 1 is 1.38 bits per heavy atom. The van der Waals surface area contributed by atoms with Crippen LogP contribution in [0.2, 0.25) is 0 Å². The van der Waals surface area contributed by atoms with E-state index in [1.54, 1.807) is 0 Å². The van der Waals surface area contributed by atoms with E-state index in [0.29, 0.717) is 19.3 Å². The maximum Gasteiger partial charge on any atom is 0.416 e. The molecular weight excluding hydrogens is 323 g/mol. The summed E-state index contributed by atoms with van der Waals surface area (Å²) in [5.41, 5.74) is -0.624. The molecule has 0 fully saturated rings. The summed E-state index contributed by atoms with van der Waals surface area (Å²) in [5.74, 6) is 1.24. The molecule has 0 saturated heterocycles. The molecule has 0 heterocycles. The van der Waals surface area contributed by atoms with Crippen LogP contribution in [0.3, 0.4) is 0 Å². The largest absolute Gasteiger partial charge is 0.467 e. The average molecular weight is 341 g/mol. The SMILES string of the molecule is C#CCCC[C@H](NC(=O)Cc1cccc(C(F)(F)F)c1)C(=O)OC. The highest BCUT2D eigenvalue weighted by molar-refractivity contribution is 5.85. The van der Waals surface area contributed by atoms with Crippen molar-refractivity contribution < 1.29 is 27.5 Å². The van der Waals surface area contributed by atoms with Crippen molar-refractivity contribution in [3.05, 3.63) is 35.4 Å². The molecule has 0 spiro atoms. The Morgan fingerprint density at radius 3 is 2.67 bits per heavy atom. The molecule has 1 N–H and O–H groups in total. The maximum absolute atomic E-state index is 12.7. The minimum absolute atomic E-state index is 0.203. The van der Waals surface area contributed by atoms with E-state index in [9.17, 15) is 22.8 Å². The van der Waals surface area contributed by atoms with Gasteiger partial charge in [-0.2, -0.15) is 13.2 Å². The van der Waals surface area contributed by atoms with Gasteiger partial charge in [0.1, 0.15) is 6.04 Å². The molecule has 0 aliphatic carbocycles. The van der Waals surface area contributed by atoms with Crippen molar-refractivity contribution in [2.24, 2.45) is 0 Å². The Hall–Kier alpha value is -2.49. The second-order valence-corrected chi connectivity index (χ2v) is 5.11. The number of rotatable bonds is 7. The summed E-state index contributed by atoms with van der Waals surface area (Å²) >= 11 is 0. The molecule has 1 atom stereocenters. The van der Waals surface area contributed by atoms with Gasteiger partial charge >= 0.3 is 12.1 Å². The second kappa shape index (κ2) is 8.96. The summed E-state index contributed by atoms with van der Waals surface area (Å²) in [4.78, 5) is 23.6. The summed E-state index contributed by atoms with van der Waals surface area (Å²) in [5, 5.41) is 2.47. The first kappa shape index (κ1) is 19.6. The molecule has 0 unspecified atom stereocenters. The van der Waals surface area contributed by atoms with Gasteiger partial charge in [0, 0.05) is 6.42 Å². The van der Waals surface area contributed by atoms with E-state index < -0.39 is 29.7 Å². The van der Waals surface area contributed by atoms with Crippen LogP contribution in [0.5, 0.6) is 0 Å². The fourth-order valence-electron chi connectivity index (χ4n) is 2.09. The number of carbonyl (C=O) groups is 2. The quantitative estimate of drug-likeness (QED) is 0.471. The number of amides is 1. The minimum atomic E-state index is -4.48. The average Bonchev–Trinajstić information content (AvgIpc) is 2.52. The summed E-state index contributed by atoms with van der Waals surface area (Å²) in [6, 6.07) is 3.61. The van der Waals surface area contributed by atoms with Crippen LogP contribution >= 0.6 is 0 Å². The van der Waals surface area contributed by atoms with Crippen LogP contribution in [0.15, 0.2) is 24.3 Å². The molecule has 1 aromatic rings. The van der Waals surface area contributed by atoms with Gasteiger partial charge in [-0.05, 0) is 24.5 Å². The number of esters is 1. The van der Waals surface area contributed by atoms with Gasteiger partial charge in [-0.25, -0.2) is 4.79 Å². The molecule has 0 aromatic heterocycles. The molecule has 24 heavy (non-hydrogen) atoms. The first-order valence-corrected chi connectivity index (χ1v) is 7.24. The molecule has 0 radical (unpaired) electrons. The van der Waals surface area contributed by atoms with Crippen LogP contribution in [0, 0.1) is 12.3 Å². The zero-order valence-corrected chi connectivity index (χ0v) is 13.2. The van der Waals surface area contributed by atoms with Gasteiger partial charge in [-0.1, -0.05) is 18.2 Å². The van der Waals surface area contributed by atoms with E-state index >= 15 is 0 Å². The monoisotopic (exact) mass is 341 g/mol. The third-order valence-electron chi connectivity index (χ3n) is 3.25. The molecule has 1 rings (SSSR count). The normalized spacial score (nSPS) is 12.1. The maximum atomic E-state index is 12.7. The molecule has 4 nitrogen and oxygen atoms in total.